The van der Waals surface area contributed by atoms with E-state index in [4.69, 9.17) is 0 Å². The zero-order chi connectivity index (χ0) is 15.5. The van der Waals surface area contributed by atoms with E-state index >= 15 is 0 Å². The molecule has 2 rings (SSSR count). The van der Waals surface area contributed by atoms with Crippen molar-refractivity contribution in [2.75, 3.05) is 6.54 Å². The van der Waals surface area contributed by atoms with Gasteiger partial charge in [0.05, 0.1) is 0 Å². The zero-order valence-electron chi connectivity index (χ0n) is 14.5. The summed E-state index contributed by atoms with van der Waals surface area (Å²) in [6.07, 6.45) is 6.58. The van der Waals surface area contributed by atoms with Gasteiger partial charge in [-0.25, -0.2) is 0 Å². The molecule has 3 atom stereocenters. The number of hydrogen-bond donors (Lipinski definition) is 1. The fourth-order valence-corrected chi connectivity index (χ4v) is 4.84. The SMILES string of the molecule is CCNC1CCC(C(C)(C)C)CC1Cc1ccc(CC)s1. The highest BCUT2D eigenvalue weighted by Gasteiger charge is 2.35. The van der Waals surface area contributed by atoms with Crippen LogP contribution in [0.3, 0.4) is 0 Å². The van der Waals surface area contributed by atoms with Crippen LogP contribution in [-0.2, 0) is 12.8 Å². The van der Waals surface area contributed by atoms with Crippen molar-refractivity contribution >= 4 is 11.3 Å². The highest BCUT2D eigenvalue weighted by molar-refractivity contribution is 7.11. The minimum Gasteiger partial charge on any atom is -0.314 e. The van der Waals surface area contributed by atoms with E-state index in [9.17, 15) is 0 Å². The molecule has 0 aromatic carbocycles. The largest absolute Gasteiger partial charge is 0.314 e. The van der Waals surface area contributed by atoms with Gasteiger partial charge in [0, 0.05) is 15.8 Å². The van der Waals surface area contributed by atoms with Crippen LogP contribution in [0.15, 0.2) is 12.1 Å². The third-order valence-electron chi connectivity index (χ3n) is 5.20. The molecule has 0 radical (unpaired) electrons. The Hall–Kier alpha value is -0.340. The summed E-state index contributed by atoms with van der Waals surface area (Å²) in [7, 11) is 0. The predicted molar refractivity (Wildman–Crippen MR) is 95.2 cm³/mol. The van der Waals surface area contributed by atoms with Crippen LogP contribution in [0.1, 0.15) is 63.6 Å². The predicted octanol–water partition coefficient (Wildman–Crippen LogP) is 5.29. The first-order valence-corrected chi connectivity index (χ1v) is 9.56. The van der Waals surface area contributed by atoms with Gasteiger partial charge in [0.25, 0.3) is 0 Å². The molecule has 2 heteroatoms. The Bertz CT molecular complexity index is 429. The molecular weight excluding hydrogens is 274 g/mol. The van der Waals surface area contributed by atoms with Gasteiger partial charge in [-0.2, -0.15) is 0 Å². The summed E-state index contributed by atoms with van der Waals surface area (Å²) >= 11 is 2.03. The summed E-state index contributed by atoms with van der Waals surface area (Å²) in [5.41, 5.74) is 0.458. The number of hydrogen-bond acceptors (Lipinski definition) is 2. The standard InChI is InChI=1S/C19H33NS/c1-6-16-9-10-17(21-16)13-14-12-15(19(3,4)5)8-11-18(14)20-7-2/h9-10,14-15,18,20H,6-8,11-13H2,1-5H3. The Morgan fingerprint density at radius 1 is 1.14 bits per heavy atom. The molecule has 0 amide bonds. The van der Waals surface area contributed by atoms with Crippen LogP contribution < -0.4 is 5.32 Å². The molecule has 1 aliphatic rings. The van der Waals surface area contributed by atoms with Crippen LogP contribution in [0.5, 0.6) is 0 Å². The molecule has 0 bridgehead atoms. The lowest BCUT2D eigenvalue weighted by atomic mass is 9.66. The summed E-state index contributed by atoms with van der Waals surface area (Å²) < 4.78 is 0. The summed E-state index contributed by atoms with van der Waals surface area (Å²) in [4.78, 5) is 3.13. The van der Waals surface area contributed by atoms with Crippen molar-refractivity contribution in [2.45, 2.75) is 72.8 Å². The van der Waals surface area contributed by atoms with Crippen molar-refractivity contribution in [1.29, 1.82) is 0 Å². The molecule has 1 aliphatic carbocycles. The van der Waals surface area contributed by atoms with Gasteiger partial charge in [0.15, 0.2) is 0 Å². The van der Waals surface area contributed by atoms with Crippen molar-refractivity contribution in [3.05, 3.63) is 21.9 Å². The van der Waals surface area contributed by atoms with E-state index in [0.717, 1.165) is 24.4 Å². The van der Waals surface area contributed by atoms with Crippen molar-refractivity contribution in [3.8, 4) is 0 Å². The normalized spacial score (nSPS) is 27.0. The second-order valence-electron chi connectivity index (χ2n) is 7.73. The molecule has 0 saturated heterocycles. The minimum atomic E-state index is 0.458. The summed E-state index contributed by atoms with van der Waals surface area (Å²) in [5.74, 6) is 1.69. The van der Waals surface area contributed by atoms with Crippen LogP contribution in [-0.4, -0.2) is 12.6 Å². The van der Waals surface area contributed by atoms with Crippen molar-refractivity contribution in [1.82, 2.24) is 5.32 Å². The van der Waals surface area contributed by atoms with Gasteiger partial charge in [-0.3, -0.25) is 0 Å². The maximum absolute atomic E-state index is 3.75. The summed E-state index contributed by atoms with van der Waals surface area (Å²) in [6, 6.07) is 5.42. The first-order chi connectivity index (χ1) is 9.94. The van der Waals surface area contributed by atoms with Gasteiger partial charge < -0.3 is 5.32 Å². The van der Waals surface area contributed by atoms with Crippen LogP contribution in [0.25, 0.3) is 0 Å². The Morgan fingerprint density at radius 2 is 1.86 bits per heavy atom. The maximum atomic E-state index is 3.75. The van der Waals surface area contributed by atoms with E-state index in [-0.39, 0.29) is 0 Å². The second kappa shape index (κ2) is 7.28. The molecule has 3 unspecified atom stereocenters. The van der Waals surface area contributed by atoms with Gasteiger partial charge in [-0.05, 0) is 68.0 Å². The highest BCUT2D eigenvalue weighted by atomic mass is 32.1. The van der Waals surface area contributed by atoms with E-state index in [0.29, 0.717) is 5.41 Å². The Balaban J connectivity index is 2.06. The smallest absolute Gasteiger partial charge is 0.00988 e. The van der Waals surface area contributed by atoms with Gasteiger partial charge in [-0.1, -0.05) is 34.6 Å². The van der Waals surface area contributed by atoms with Gasteiger partial charge >= 0.3 is 0 Å². The molecule has 1 nitrogen and oxygen atoms in total. The lowest BCUT2D eigenvalue weighted by Crippen LogP contribution is -2.43. The van der Waals surface area contributed by atoms with Crippen molar-refractivity contribution in [3.63, 3.8) is 0 Å². The maximum Gasteiger partial charge on any atom is 0.00988 e. The first kappa shape index (κ1) is 17.0. The van der Waals surface area contributed by atoms with E-state index in [1.54, 1.807) is 4.88 Å². The van der Waals surface area contributed by atoms with Gasteiger partial charge in [0.1, 0.15) is 0 Å². The first-order valence-electron chi connectivity index (χ1n) is 8.75. The van der Waals surface area contributed by atoms with Crippen molar-refractivity contribution in [2.24, 2.45) is 17.3 Å². The van der Waals surface area contributed by atoms with Gasteiger partial charge in [-0.15, -0.1) is 11.3 Å². The molecule has 120 valence electrons. The van der Waals surface area contributed by atoms with E-state index < -0.39 is 0 Å². The fourth-order valence-electron chi connectivity index (χ4n) is 3.79. The highest BCUT2D eigenvalue weighted by Crippen LogP contribution is 2.41. The number of thiophene rings is 1. The van der Waals surface area contributed by atoms with Crippen LogP contribution >= 0.6 is 11.3 Å². The fraction of sp³-hybridized carbons (Fsp3) is 0.789. The Morgan fingerprint density at radius 3 is 2.43 bits per heavy atom. The molecule has 1 fully saturated rings. The van der Waals surface area contributed by atoms with Crippen molar-refractivity contribution < 1.29 is 0 Å². The van der Waals surface area contributed by atoms with Crippen LogP contribution in [0, 0.1) is 17.3 Å². The molecule has 1 heterocycles. The molecule has 0 aliphatic heterocycles. The number of nitrogens with one attached hydrogen (secondary N) is 1. The van der Waals surface area contributed by atoms with E-state index in [2.05, 4.69) is 52.1 Å². The average Bonchev–Trinajstić information content (AvgIpc) is 2.87. The van der Waals surface area contributed by atoms with Gasteiger partial charge in [0.2, 0.25) is 0 Å². The summed E-state index contributed by atoms with van der Waals surface area (Å²) in [5, 5.41) is 3.75. The molecule has 1 saturated carbocycles. The Labute approximate surface area is 135 Å². The van der Waals surface area contributed by atoms with Crippen LogP contribution in [0.4, 0.5) is 0 Å². The Kier molecular flexibility index (Phi) is 5.90. The van der Waals surface area contributed by atoms with Crippen LogP contribution in [0.2, 0.25) is 0 Å². The average molecular weight is 308 g/mol. The monoisotopic (exact) mass is 307 g/mol. The molecule has 0 spiro atoms. The second-order valence-corrected chi connectivity index (χ2v) is 8.98. The molecule has 21 heavy (non-hydrogen) atoms. The molecule has 1 aromatic heterocycles. The minimum absolute atomic E-state index is 0.458. The summed E-state index contributed by atoms with van der Waals surface area (Å²) in [6.45, 7) is 12.9. The third-order valence-corrected chi connectivity index (χ3v) is 6.45. The number of rotatable bonds is 5. The molecular formula is C19H33NS. The topological polar surface area (TPSA) is 12.0 Å². The lowest BCUT2D eigenvalue weighted by Gasteiger charge is -2.42. The molecule has 1 aromatic rings. The third kappa shape index (κ3) is 4.56. The number of aryl methyl sites for hydroxylation is 1. The van der Waals surface area contributed by atoms with E-state index in [1.807, 2.05) is 11.3 Å². The molecule has 1 N–H and O–H groups in total. The zero-order valence-corrected chi connectivity index (χ0v) is 15.4. The lowest BCUT2D eigenvalue weighted by molar-refractivity contribution is 0.115. The van der Waals surface area contributed by atoms with E-state index in [1.165, 1.54) is 37.0 Å². The quantitative estimate of drug-likeness (QED) is 0.779.